The monoisotopic (exact) mass is 266 g/mol. The Morgan fingerprint density at radius 2 is 1.94 bits per heavy atom. The molecular weight excluding hydrogens is 254 g/mol. The molecule has 0 aliphatic rings. The zero-order valence-electron chi connectivity index (χ0n) is 10.1. The highest BCUT2D eigenvalue weighted by atomic mass is 32.1. The first-order valence-corrected chi connectivity index (χ1v) is 6.44. The summed E-state index contributed by atoms with van der Waals surface area (Å²) in [5.74, 6) is -2.17. The Morgan fingerprint density at radius 3 is 2.56 bits per heavy atom. The van der Waals surface area contributed by atoms with E-state index in [4.69, 9.17) is 0 Å². The van der Waals surface area contributed by atoms with Crippen LogP contribution >= 0.6 is 11.3 Å². The zero-order chi connectivity index (χ0) is 13.3. The topological polar surface area (TPSA) is 17.1 Å². The van der Waals surface area contributed by atoms with E-state index >= 15 is 0 Å². The van der Waals surface area contributed by atoms with Gasteiger partial charge in [0.25, 0.3) is 0 Å². The molecule has 0 aliphatic heterocycles. The Kier molecular flexibility index (Phi) is 3.57. The maximum Gasteiger partial charge on any atom is 0.208 e. The van der Waals surface area contributed by atoms with Gasteiger partial charge in [0.05, 0.1) is 10.4 Å². The van der Waals surface area contributed by atoms with Gasteiger partial charge >= 0.3 is 0 Å². The van der Waals surface area contributed by atoms with Gasteiger partial charge in [-0.15, -0.1) is 11.3 Å². The lowest BCUT2D eigenvalue weighted by Gasteiger charge is -2.04. The Hall–Kier alpha value is -1.55. The average Bonchev–Trinajstić information content (AvgIpc) is 2.83. The van der Waals surface area contributed by atoms with Crippen molar-refractivity contribution in [2.75, 3.05) is 0 Å². The molecule has 4 heteroatoms. The number of aryl methyl sites for hydroxylation is 2. The minimum atomic E-state index is -0.811. The lowest BCUT2D eigenvalue weighted by atomic mass is 10.0. The van der Waals surface area contributed by atoms with Gasteiger partial charge in [-0.3, -0.25) is 4.79 Å². The van der Waals surface area contributed by atoms with Crippen LogP contribution in [0.3, 0.4) is 0 Å². The zero-order valence-corrected chi connectivity index (χ0v) is 10.9. The first-order chi connectivity index (χ1) is 8.54. The molecular formula is C14H12F2OS. The van der Waals surface area contributed by atoms with E-state index in [1.165, 1.54) is 24.3 Å². The van der Waals surface area contributed by atoms with Crippen LogP contribution in [0.25, 0.3) is 0 Å². The highest BCUT2D eigenvalue weighted by molar-refractivity contribution is 7.14. The maximum atomic E-state index is 13.8. The van der Waals surface area contributed by atoms with Crippen molar-refractivity contribution < 1.29 is 13.6 Å². The fraction of sp³-hybridized carbons (Fsp3) is 0.214. The van der Waals surface area contributed by atoms with E-state index in [0.717, 1.165) is 17.4 Å². The number of benzene rings is 1. The van der Waals surface area contributed by atoms with Crippen molar-refractivity contribution in [1.29, 1.82) is 0 Å². The number of halogens is 2. The molecule has 1 nitrogen and oxygen atoms in total. The predicted molar refractivity (Wildman–Crippen MR) is 68.2 cm³/mol. The molecule has 94 valence electrons. The van der Waals surface area contributed by atoms with Crippen LogP contribution in [0.4, 0.5) is 8.78 Å². The van der Waals surface area contributed by atoms with Gasteiger partial charge in [-0.1, -0.05) is 13.0 Å². The molecule has 0 saturated heterocycles. The molecule has 18 heavy (non-hydrogen) atoms. The molecule has 0 fully saturated rings. The van der Waals surface area contributed by atoms with Gasteiger partial charge < -0.3 is 0 Å². The molecule has 1 heterocycles. The molecule has 1 aromatic heterocycles. The average molecular weight is 266 g/mol. The van der Waals surface area contributed by atoms with Gasteiger partial charge in [0.1, 0.15) is 11.6 Å². The van der Waals surface area contributed by atoms with Crippen molar-refractivity contribution in [3.8, 4) is 0 Å². The van der Waals surface area contributed by atoms with Crippen LogP contribution in [-0.2, 0) is 6.42 Å². The van der Waals surface area contributed by atoms with Crippen LogP contribution in [0, 0.1) is 18.6 Å². The van der Waals surface area contributed by atoms with Gasteiger partial charge in [-0.05, 0) is 37.1 Å². The largest absolute Gasteiger partial charge is 0.287 e. The van der Waals surface area contributed by atoms with Crippen LogP contribution < -0.4 is 0 Å². The fourth-order valence-corrected chi connectivity index (χ4v) is 2.57. The number of hydrogen-bond donors (Lipinski definition) is 0. The van der Waals surface area contributed by atoms with Crippen LogP contribution in [0.5, 0.6) is 0 Å². The quantitative estimate of drug-likeness (QED) is 0.763. The summed E-state index contributed by atoms with van der Waals surface area (Å²) >= 11 is 1.28. The van der Waals surface area contributed by atoms with E-state index in [2.05, 4.69) is 0 Å². The van der Waals surface area contributed by atoms with E-state index in [0.29, 0.717) is 4.88 Å². The van der Waals surface area contributed by atoms with Crippen molar-refractivity contribution in [1.82, 2.24) is 0 Å². The lowest BCUT2D eigenvalue weighted by Crippen LogP contribution is -2.07. The number of carbonyl (C=O) groups excluding carboxylic acids is 1. The van der Waals surface area contributed by atoms with Crippen LogP contribution in [-0.4, -0.2) is 5.78 Å². The highest BCUT2D eigenvalue weighted by Crippen LogP contribution is 2.24. The molecule has 0 radical (unpaired) electrons. The number of ketones is 1. The van der Waals surface area contributed by atoms with Crippen molar-refractivity contribution >= 4 is 17.1 Å². The summed E-state index contributed by atoms with van der Waals surface area (Å²) in [7, 11) is 0. The van der Waals surface area contributed by atoms with E-state index in [1.807, 2.05) is 13.0 Å². The minimum Gasteiger partial charge on any atom is -0.287 e. The first kappa shape index (κ1) is 12.9. The normalized spacial score (nSPS) is 10.7. The Morgan fingerprint density at radius 1 is 1.22 bits per heavy atom. The molecule has 0 N–H and O–H groups in total. The molecule has 0 unspecified atom stereocenters. The van der Waals surface area contributed by atoms with Crippen molar-refractivity contribution in [3.05, 3.63) is 56.8 Å². The van der Waals surface area contributed by atoms with Gasteiger partial charge in [0, 0.05) is 4.88 Å². The Bertz CT molecular complexity index is 602. The smallest absolute Gasteiger partial charge is 0.208 e. The highest BCUT2D eigenvalue weighted by Gasteiger charge is 2.21. The molecule has 2 rings (SSSR count). The van der Waals surface area contributed by atoms with Crippen molar-refractivity contribution in [2.45, 2.75) is 20.3 Å². The lowest BCUT2D eigenvalue weighted by molar-refractivity contribution is 0.103. The van der Waals surface area contributed by atoms with Crippen LogP contribution in [0.2, 0.25) is 0 Å². The third kappa shape index (κ3) is 2.20. The molecule has 0 amide bonds. The van der Waals surface area contributed by atoms with E-state index in [9.17, 15) is 13.6 Å². The Labute approximate surface area is 108 Å². The summed E-state index contributed by atoms with van der Waals surface area (Å²) in [5.41, 5.74) is -0.188. The van der Waals surface area contributed by atoms with Gasteiger partial charge in [0.15, 0.2) is 0 Å². The van der Waals surface area contributed by atoms with E-state index in [-0.39, 0.29) is 5.56 Å². The third-order valence-corrected chi connectivity index (χ3v) is 3.97. The second-order valence-corrected chi connectivity index (χ2v) is 5.17. The summed E-state index contributed by atoms with van der Waals surface area (Å²) in [5, 5.41) is 0. The second-order valence-electron chi connectivity index (χ2n) is 4.00. The van der Waals surface area contributed by atoms with Crippen LogP contribution in [0.1, 0.15) is 32.6 Å². The summed E-state index contributed by atoms with van der Waals surface area (Å²) in [6.07, 6.45) is 0.802. The molecule has 0 aliphatic carbocycles. The summed E-state index contributed by atoms with van der Waals surface area (Å²) in [6.45, 7) is 3.48. The molecule has 0 spiro atoms. The van der Waals surface area contributed by atoms with Crippen LogP contribution in [0.15, 0.2) is 24.3 Å². The molecule has 0 saturated carbocycles. The summed E-state index contributed by atoms with van der Waals surface area (Å²) in [4.78, 5) is 13.5. The van der Waals surface area contributed by atoms with Gasteiger partial charge in [0.2, 0.25) is 5.78 Å². The van der Waals surface area contributed by atoms with Crippen molar-refractivity contribution in [3.63, 3.8) is 0 Å². The number of thiophene rings is 1. The SMILES string of the molecule is CCc1ccc(C(=O)c2c(F)ccc(C)c2F)s1. The Balaban J connectivity index is 2.49. The van der Waals surface area contributed by atoms with Gasteiger partial charge in [-0.25, -0.2) is 8.78 Å². The molecule has 0 bridgehead atoms. The molecule has 1 aromatic carbocycles. The molecule has 0 atom stereocenters. The van der Waals surface area contributed by atoms with E-state index in [1.54, 1.807) is 6.07 Å². The van der Waals surface area contributed by atoms with Gasteiger partial charge in [-0.2, -0.15) is 0 Å². The maximum absolute atomic E-state index is 13.8. The van der Waals surface area contributed by atoms with E-state index < -0.39 is 23.0 Å². The summed E-state index contributed by atoms with van der Waals surface area (Å²) < 4.78 is 27.4. The van der Waals surface area contributed by atoms with Crippen molar-refractivity contribution in [2.24, 2.45) is 0 Å². The second kappa shape index (κ2) is 4.98. The summed E-state index contributed by atoms with van der Waals surface area (Å²) in [6, 6.07) is 5.88. The minimum absolute atomic E-state index is 0.270. The standard InChI is InChI=1S/C14H12F2OS/c1-3-9-5-7-11(18-9)14(17)12-10(15)6-4-8(2)13(12)16/h4-7H,3H2,1-2H3. The molecule has 2 aromatic rings. The number of carbonyl (C=O) groups is 1. The number of rotatable bonds is 3. The third-order valence-electron chi connectivity index (χ3n) is 2.75. The number of hydrogen-bond acceptors (Lipinski definition) is 2. The first-order valence-electron chi connectivity index (χ1n) is 5.62. The predicted octanol–water partition coefficient (Wildman–Crippen LogP) is 4.13. The fourth-order valence-electron chi connectivity index (χ4n) is 1.68.